The first-order chi connectivity index (χ1) is 8.79. The number of halogens is 1. The molecular weight excluding hydrogens is 246 g/mol. The minimum atomic E-state index is 0.746. The second kappa shape index (κ2) is 6.76. The predicted octanol–water partition coefficient (Wildman–Crippen LogP) is 3.54. The number of nitrogens with zero attached hydrogens (tertiary/aromatic N) is 1. The molecule has 0 bridgehead atoms. The van der Waals surface area contributed by atoms with Crippen molar-refractivity contribution < 1.29 is 0 Å². The van der Waals surface area contributed by atoms with Crippen molar-refractivity contribution in [2.24, 2.45) is 0 Å². The molecule has 1 aromatic carbocycles. The summed E-state index contributed by atoms with van der Waals surface area (Å²) >= 11 is 5.94. The van der Waals surface area contributed by atoms with Crippen molar-refractivity contribution in [3.05, 3.63) is 29.0 Å². The fourth-order valence-electron chi connectivity index (χ4n) is 1.98. The maximum absolute atomic E-state index is 5.94. The van der Waals surface area contributed by atoms with Gasteiger partial charge in [-0.25, -0.2) is 4.98 Å². The van der Waals surface area contributed by atoms with Crippen LogP contribution < -0.4 is 5.32 Å². The molecule has 0 atom stereocenters. The lowest BCUT2D eigenvalue weighted by Crippen LogP contribution is -2.18. The molecular formula is C14H20ClN3. The Morgan fingerprint density at radius 1 is 1.28 bits per heavy atom. The van der Waals surface area contributed by atoms with Crippen LogP contribution in [-0.2, 0) is 6.42 Å². The van der Waals surface area contributed by atoms with Crippen LogP contribution in [0.3, 0.4) is 0 Å². The van der Waals surface area contributed by atoms with Gasteiger partial charge in [0, 0.05) is 18.0 Å². The van der Waals surface area contributed by atoms with Gasteiger partial charge in [0.2, 0.25) is 0 Å². The smallest absolute Gasteiger partial charge is 0.108 e. The summed E-state index contributed by atoms with van der Waals surface area (Å²) in [5, 5.41) is 4.18. The zero-order chi connectivity index (χ0) is 12.8. The van der Waals surface area contributed by atoms with Crippen molar-refractivity contribution in [2.75, 3.05) is 13.1 Å². The third-order valence-electron chi connectivity index (χ3n) is 2.99. The number of benzene rings is 1. The van der Waals surface area contributed by atoms with Crippen molar-refractivity contribution in [2.45, 2.75) is 32.6 Å². The summed E-state index contributed by atoms with van der Waals surface area (Å²) in [7, 11) is 0. The molecule has 0 spiro atoms. The quantitative estimate of drug-likeness (QED) is 0.752. The van der Waals surface area contributed by atoms with Crippen molar-refractivity contribution in [1.29, 1.82) is 0 Å². The summed E-state index contributed by atoms with van der Waals surface area (Å²) in [6.07, 6.45) is 4.76. The summed E-state index contributed by atoms with van der Waals surface area (Å²) in [4.78, 5) is 7.84. The molecule has 0 aliphatic heterocycles. The Labute approximate surface area is 113 Å². The Kier molecular flexibility index (Phi) is 5.02. The topological polar surface area (TPSA) is 40.7 Å². The van der Waals surface area contributed by atoms with Crippen molar-refractivity contribution >= 4 is 22.6 Å². The molecule has 0 saturated carbocycles. The van der Waals surface area contributed by atoms with E-state index in [-0.39, 0.29) is 0 Å². The molecule has 2 rings (SSSR count). The molecule has 0 unspecified atom stereocenters. The molecule has 2 N–H and O–H groups in total. The molecule has 0 aliphatic rings. The molecule has 4 heteroatoms. The number of rotatable bonds is 7. The summed E-state index contributed by atoms with van der Waals surface area (Å²) in [5.74, 6) is 1.02. The van der Waals surface area contributed by atoms with E-state index in [0.29, 0.717) is 0 Å². The van der Waals surface area contributed by atoms with Gasteiger partial charge in [-0.3, -0.25) is 0 Å². The number of unbranched alkanes of at least 4 members (excludes halogenated alkanes) is 2. The van der Waals surface area contributed by atoms with E-state index in [0.717, 1.165) is 41.4 Å². The van der Waals surface area contributed by atoms with Gasteiger partial charge in [0.05, 0.1) is 11.0 Å². The van der Waals surface area contributed by atoms with Gasteiger partial charge in [-0.2, -0.15) is 0 Å². The molecule has 0 aliphatic carbocycles. The standard InChI is InChI=1S/C14H20ClN3/c1-2-3-4-8-16-9-7-14-17-12-6-5-11(15)10-13(12)18-14/h5-6,10,16H,2-4,7-9H2,1H3,(H,17,18). The number of nitrogens with one attached hydrogen (secondary N) is 2. The molecule has 1 aromatic heterocycles. The number of H-pyrrole nitrogens is 1. The van der Waals surface area contributed by atoms with E-state index in [2.05, 4.69) is 22.2 Å². The highest BCUT2D eigenvalue weighted by molar-refractivity contribution is 6.31. The van der Waals surface area contributed by atoms with Gasteiger partial charge in [0.1, 0.15) is 5.82 Å². The molecule has 18 heavy (non-hydrogen) atoms. The first-order valence-electron chi connectivity index (χ1n) is 6.64. The molecule has 0 radical (unpaired) electrons. The van der Waals surface area contributed by atoms with Gasteiger partial charge in [-0.15, -0.1) is 0 Å². The van der Waals surface area contributed by atoms with Gasteiger partial charge in [-0.05, 0) is 31.2 Å². The monoisotopic (exact) mass is 265 g/mol. The summed E-state index contributed by atoms with van der Waals surface area (Å²) in [6, 6.07) is 5.74. The predicted molar refractivity (Wildman–Crippen MR) is 77.2 cm³/mol. The number of imidazole rings is 1. The van der Waals surface area contributed by atoms with Crippen LogP contribution in [0.5, 0.6) is 0 Å². The zero-order valence-corrected chi connectivity index (χ0v) is 11.6. The van der Waals surface area contributed by atoms with Crippen LogP contribution in [0, 0.1) is 0 Å². The average molecular weight is 266 g/mol. The van der Waals surface area contributed by atoms with Gasteiger partial charge in [0.25, 0.3) is 0 Å². The van der Waals surface area contributed by atoms with Gasteiger partial charge in [0.15, 0.2) is 0 Å². The Balaban J connectivity index is 1.81. The second-order valence-corrected chi connectivity index (χ2v) is 4.99. The molecule has 2 aromatic rings. The summed E-state index contributed by atoms with van der Waals surface area (Å²) in [6.45, 7) is 4.29. The number of hydrogen-bond donors (Lipinski definition) is 2. The van der Waals surface area contributed by atoms with Crippen LogP contribution >= 0.6 is 11.6 Å². The van der Waals surface area contributed by atoms with Gasteiger partial charge >= 0.3 is 0 Å². The third-order valence-corrected chi connectivity index (χ3v) is 3.22. The zero-order valence-electron chi connectivity index (χ0n) is 10.8. The first kappa shape index (κ1) is 13.4. The lowest BCUT2D eigenvalue weighted by Gasteiger charge is -2.01. The highest BCUT2D eigenvalue weighted by Crippen LogP contribution is 2.17. The molecule has 3 nitrogen and oxygen atoms in total. The average Bonchev–Trinajstić information content (AvgIpc) is 2.75. The van der Waals surface area contributed by atoms with Crippen LogP contribution in [0.25, 0.3) is 11.0 Å². The minimum Gasteiger partial charge on any atom is -0.342 e. The highest BCUT2D eigenvalue weighted by Gasteiger charge is 2.02. The van der Waals surface area contributed by atoms with Crippen molar-refractivity contribution in [1.82, 2.24) is 15.3 Å². The van der Waals surface area contributed by atoms with E-state index in [4.69, 9.17) is 11.6 Å². The number of fused-ring (bicyclic) bond motifs is 1. The number of aromatic nitrogens is 2. The van der Waals surface area contributed by atoms with Gasteiger partial charge in [-0.1, -0.05) is 31.4 Å². The largest absolute Gasteiger partial charge is 0.342 e. The second-order valence-electron chi connectivity index (χ2n) is 4.55. The van der Waals surface area contributed by atoms with Crippen LogP contribution in [0.4, 0.5) is 0 Å². The van der Waals surface area contributed by atoms with E-state index in [1.54, 1.807) is 0 Å². The lowest BCUT2D eigenvalue weighted by atomic mass is 10.2. The van der Waals surface area contributed by atoms with Crippen LogP contribution in [0.15, 0.2) is 18.2 Å². The minimum absolute atomic E-state index is 0.746. The molecule has 0 fully saturated rings. The number of aromatic amines is 1. The van der Waals surface area contributed by atoms with E-state index < -0.39 is 0 Å². The molecule has 1 heterocycles. The number of hydrogen-bond acceptors (Lipinski definition) is 2. The van der Waals surface area contributed by atoms with Crippen LogP contribution in [0.1, 0.15) is 32.0 Å². The fourth-order valence-corrected chi connectivity index (χ4v) is 2.16. The first-order valence-corrected chi connectivity index (χ1v) is 7.02. The summed E-state index contributed by atoms with van der Waals surface area (Å²) < 4.78 is 0. The summed E-state index contributed by atoms with van der Waals surface area (Å²) in [5.41, 5.74) is 2.00. The van der Waals surface area contributed by atoms with E-state index >= 15 is 0 Å². The highest BCUT2D eigenvalue weighted by atomic mass is 35.5. The Hall–Kier alpha value is -1.06. The Morgan fingerprint density at radius 2 is 2.17 bits per heavy atom. The van der Waals surface area contributed by atoms with Gasteiger partial charge < -0.3 is 10.3 Å². The Morgan fingerprint density at radius 3 is 3.00 bits per heavy atom. The Bertz CT molecular complexity index is 493. The normalized spacial score (nSPS) is 11.2. The SMILES string of the molecule is CCCCCNCCc1nc2ccc(Cl)cc2[nH]1. The van der Waals surface area contributed by atoms with Crippen LogP contribution in [-0.4, -0.2) is 23.1 Å². The molecule has 98 valence electrons. The fraction of sp³-hybridized carbons (Fsp3) is 0.500. The maximum atomic E-state index is 5.94. The lowest BCUT2D eigenvalue weighted by molar-refractivity contribution is 0.612. The molecule has 0 amide bonds. The third kappa shape index (κ3) is 3.72. The van der Waals surface area contributed by atoms with Crippen molar-refractivity contribution in [3.8, 4) is 0 Å². The van der Waals surface area contributed by atoms with Crippen molar-refractivity contribution in [3.63, 3.8) is 0 Å². The van der Waals surface area contributed by atoms with Crippen LogP contribution in [0.2, 0.25) is 5.02 Å². The van der Waals surface area contributed by atoms with E-state index in [1.165, 1.54) is 19.3 Å². The molecule has 0 saturated heterocycles. The van der Waals surface area contributed by atoms with E-state index in [9.17, 15) is 0 Å². The maximum Gasteiger partial charge on any atom is 0.108 e. The van der Waals surface area contributed by atoms with E-state index in [1.807, 2.05) is 18.2 Å².